The number of amides is 1. The van der Waals surface area contributed by atoms with E-state index in [2.05, 4.69) is 27.4 Å². The van der Waals surface area contributed by atoms with E-state index in [9.17, 15) is 14.7 Å². The molecule has 0 unspecified atom stereocenters. The molecule has 1 aliphatic heterocycles. The number of nitrogens with zero attached hydrogens (tertiary/aromatic N) is 3. The molecule has 1 saturated heterocycles. The first-order chi connectivity index (χ1) is 18.9. The summed E-state index contributed by atoms with van der Waals surface area (Å²) in [5.74, 6) is -0.276. The summed E-state index contributed by atoms with van der Waals surface area (Å²) in [6.45, 7) is 4.18. The Hall–Kier alpha value is -4.72. The minimum atomic E-state index is -0.953. The van der Waals surface area contributed by atoms with Crippen molar-refractivity contribution in [2.45, 2.75) is 32.7 Å². The van der Waals surface area contributed by atoms with Crippen molar-refractivity contribution < 1.29 is 19.1 Å². The van der Waals surface area contributed by atoms with E-state index in [0.29, 0.717) is 41.3 Å². The number of carbonyl (C=O) groups excluding carboxylic acids is 1. The zero-order chi connectivity index (χ0) is 27.1. The van der Waals surface area contributed by atoms with Crippen molar-refractivity contribution in [3.63, 3.8) is 0 Å². The van der Waals surface area contributed by atoms with Gasteiger partial charge in [0, 0.05) is 24.0 Å². The van der Waals surface area contributed by atoms with E-state index in [1.54, 1.807) is 11.8 Å². The number of hydrogen-bond acceptors (Lipinski definition) is 6. The van der Waals surface area contributed by atoms with Crippen LogP contribution in [0.5, 0.6) is 0 Å². The molecule has 6 rings (SSSR count). The maximum atomic E-state index is 13.0. The van der Waals surface area contributed by atoms with Crippen molar-refractivity contribution in [2.75, 3.05) is 16.8 Å². The lowest BCUT2D eigenvalue weighted by atomic mass is 9.99. The highest BCUT2D eigenvalue weighted by molar-refractivity contribution is 6.06. The Labute approximate surface area is 225 Å². The molecule has 1 amide bonds. The summed E-state index contributed by atoms with van der Waals surface area (Å²) < 4.78 is 6.09. The summed E-state index contributed by atoms with van der Waals surface area (Å²) in [5, 5.41) is 13.9. The minimum absolute atomic E-state index is 0.148. The number of aromatic nitrogens is 2. The molecule has 2 aromatic heterocycles. The fourth-order valence-electron chi connectivity index (χ4n) is 5.58. The Bertz CT molecular complexity index is 1710. The van der Waals surface area contributed by atoms with Crippen LogP contribution in [0.1, 0.15) is 24.2 Å². The maximum Gasteiger partial charge on any atom is 0.326 e. The van der Waals surface area contributed by atoms with Gasteiger partial charge in [-0.15, -0.1) is 0 Å². The molecule has 3 aromatic carbocycles. The molecule has 2 atom stereocenters. The number of carboxylic acid groups (broad SMARTS) is 1. The molecule has 5 aromatic rings. The first-order valence-electron chi connectivity index (χ1n) is 13.0. The third-order valence-corrected chi connectivity index (χ3v) is 7.33. The van der Waals surface area contributed by atoms with Crippen LogP contribution >= 0.6 is 0 Å². The SMILES string of the molecule is Cc1nc(N2C[C@@H](CC(=O)Nc3ccc(-c4ccccc4)c(C)c3)C[C@H]2C(=O)O)c2oc3ccccc3c2n1. The van der Waals surface area contributed by atoms with E-state index >= 15 is 0 Å². The van der Waals surface area contributed by atoms with Gasteiger partial charge < -0.3 is 19.7 Å². The summed E-state index contributed by atoms with van der Waals surface area (Å²) in [7, 11) is 0. The van der Waals surface area contributed by atoms with Crippen LogP contribution in [0.3, 0.4) is 0 Å². The van der Waals surface area contributed by atoms with Gasteiger partial charge >= 0.3 is 5.97 Å². The van der Waals surface area contributed by atoms with E-state index in [1.165, 1.54) is 0 Å². The van der Waals surface area contributed by atoms with Gasteiger partial charge in [0.05, 0.1) is 0 Å². The first kappa shape index (κ1) is 24.6. The molecule has 2 N–H and O–H groups in total. The number of rotatable bonds is 6. The fraction of sp³-hybridized carbons (Fsp3) is 0.226. The topological polar surface area (TPSA) is 109 Å². The van der Waals surface area contributed by atoms with Crippen LogP contribution in [-0.2, 0) is 9.59 Å². The van der Waals surface area contributed by atoms with Crippen molar-refractivity contribution in [1.29, 1.82) is 0 Å². The highest BCUT2D eigenvalue weighted by Gasteiger charge is 2.40. The second kappa shape index (κ2) is 9.87. The van der Waals surface area contributed by atoms with Gasteiger partial charge in [-0.25, -0.2) is 14.8 Å². The lowest BCUT2D eigenvalue weighted by Gasteiger charge is -2.22. The van der Waals surface area contributed by atoms with Crippen molar-refractivity contribution in [2.24, 2.45) is 5.92 Å². The Morgan fingerprint density at radius 1 is 1.03 bits per heavy atom. The van der Waals surface area contributed by atoms with E-state index in [4.69, 9.17) is 4.42 Å². The molecule has 1 fully saturated rings. The van der Waals surface area contributed by atoms with Gasteiger partial charge in [0.15, 0.2) is 11.4 Å². The van der Waals surface area contributed by atoms with Gasteiger partial charge in [0.25, 0.3) is 0 Å². The Balaban J connectivity index is 1.22. The van der Waals surface area contributed by atoms with Gasteiger partial charge in [-0.05, 0) is 67.1 Å². The number of hydrogen-bond donors (Lipinski definition) is 2. The average Bonchev–Trinajstić information content (AvgIpc) is 3.50. The number of fused-ring (bicyclic) bond motifs is 3. The molecule has 0 radical (unpaired) electrons. The van der Waals surface area contributed by atoms with E-state index in [1.807, 2.05) is 67.6 Å². The maximum absolute atomic E-state index is 13.0. The minimum Gasteiger partial charge on any atom is -0.480 e. The third-order valence-electron chi connectivity index (χ3n) is 7.33. The smallest absolute Gasteiger partial charge is 0.326 e. The zero-order valence-electron chi connectivity index (χ0n) is 21.7. The molecule has 0 spiro atoms. The highest BCUT2D eigenvalue weighted by Crippen LogP contribution is 2.38. The predicted octanol–water partition coefficient (Wildman–Crippen LogP) is 5.97. The van der Waals surface area contributed by atoms with Gasteiger partial charge in [-0.3, -0.25) is 4.79 Å². The van der Waals surface area contributed by atoms with Crippen LogP contribution in [0.2, 0.25) is 0 Å². The molecule has 196 valence electrons. The van der Waals surface area contributed by atoms with Crippen LogP contribution in [0.25, 0.3) is 33.2 Å². The van der Waals surface area contributed by atoms with Crippen LogP contribution in [0, 0.1) is 19.8 Å². The number of nitrogens with one attached hydrogen (secondary N) is 1. The van der Waals surface area contributed by atoms with Gasteiger partial charge in [-0.1, -0.05) is 48.5 Å². The molecule has 39 heavy (non-hydrogen) atoms. The molecular formula is C31H28N4O4. The van der Waals surface area contributed by atoms with E-state index < -0.39 is 12.0 Å². The van der Waals surface area contributed by atoms with Crippen LogP contribution < -0.4 is 10.2 Å². The Morgan fingerprint density at radius 3 is 2.56 bits per heavy atom. The summed E-state index contributed by atoms with van der Waals surface area (Å²) in [4.78, 5) is 36.2. The summed E-state index contributed by atoms with van der Waals surface area (Å²) in [6.07, 6.45) is 0.534. The average molecular weight is 521 g/mol. The Morgan fingerprint density at radius 2 is 1.79 bits per heavy atom. The van der Waals surface area contributed by atoms with Gasteiger partial charge in [-0.2, -0.15) is 0 Å². The molecule has 8 nitrogen and oxygen atoms in total. The van der Waals surface area contributed by atoms with E-state index in [-0.39, 0.29) is 18.2 Å². The van der Waals surface area contributed by atoms with E-state index in [0.717, 1.165) is 27.8 Å². The molecule has 1 aliphatic rings. The number of aliphatic carboxylic acids is 1. The van der Waals surface area contributed by atoms with Crippen molar-refractivity contribution in [1.82, 2.24) is 9.97 Å². The summed E-state index contributed by atoms with van der Waals surface area (Å²) in [6, 6.07) is 22.7. The normalized spacial score (nSPS) is 17.1. The molecule has 8 heteroatoms. The first-order valence-corrected chi connectivity index (χ1v) is 13.0. The number of benzene rings is 3. The van der Waals surface area contributed by atoms with Crippen molar-refractivity contribution in [3.05, 3.63) is 84.2 Å². The highest BCUT2D eigenvalue weighted by atomic mass is 16.4. The largest absolute Gasteiger partial charge is 0.480 e. The third kappa shape index (κ3) is 4.69. The number of aryl methyl sites for hydroxylation is 2. The molecule has 0 saturated carbocycles. The standard InChI is InChI=1S/C31H28N4O4/c1-18-14-22(12-13-23(18)21-8-4-3-5-9-21)34-27(36)16-20-15-25(31(37)38)35(17-20)30-29-28(32-19(2)33-30)24-10-6-7-11-26(24)39-29/h3-14,20,25H,15-17H2,1-2H3,(H,34,36)(H,37,38)/t20-,25+/m1/s1. The summed E-state index contributed by atoms with van der Waals surface area (Å²) >= 11 is 0. The lowest BCUT2D eigenvalue weighted by molar-refractivity contribution is -0.138. The number of para-hydroxylation sites is 1. The molecule has 0 bridgehead atoms. The summed E-state index contributed by atoms with van der Waals surface area (Å²) in [5.41, 5.74) is 5.81. The van der Waals surface area contributed by atoms with Crippen LogP contribution in [0.4, 0.5) is 11.5 Å². The molecule has 0 aliphatic carbocycles. The number of furan rings is 1. The molecule has 3 heterocycles. The number of carbonyl (C=O) groups is 2. The second-order valence-corrected chi connectivity index (χ2v) is 10.1. The predicted molar refractivity (Wildman–Crippen MR) is 151 cm³/mol. The quantitative estimate of drug-likeness (QED) is 0.284. The molecular weight excluding hydrogens is 492 g/mol. The van der Waals surface area contributed by atoms with Gasteiger partial charge in [0.1, 0.15) is 23.0 Å². The van der Waals surface area contributed by atoms with Crippen LogP contribution in [-0.4, -0.2) is 39.5 Å². The monoisotopic (exact) mass is 520 g/mol. The zero-order valence-corrected chi connectivity index (χ0v) is 21.7. The van der Waals surface area contributed by atoms with Crippen LogP contribution in [0.15, 0.2) is 77.2 Å². The number of anilines is 2. The van der Waals surface area contributed by atoms with Crippen molar-refractivity contribution in [3.8, 4) is 11.1 Å². The van der Waals surface area contributed by atoms with Gasteiger partial charge in [0.2, 0.25) is 5.91 Å². The second-order valence-electron chi connectivity index (χ2n) is 10.1. The van der Waals surface area contributed by atoms with Crippen molar-refractivity contribution >= 4 is 45.5 Å². The lowest BCUT2D eigenvalue weighted by Crippen LogP contribution is -2.36. The fourth-order valence-corrected chi connectivity index (χ4v) is 5.58. The Kier molecular flexibility index (Phi) is 6.23. The number of carboxylic acids is 1.